The zero-order chi connectivity index (χ0) is 26.0. The number of hydrogen-bond donors (Lipinski definition) is 2. The van der Waals surface area contributed by atoms with Gasteiger partial charge < -0.3 is 10.1 Å². The van der Waals surface area contributed by atoms with Gasteiger partial charge in [0.15, 0.2) is 0 Å². The molecule has 0 spiro atoms. The van der Waals surface area contributed by atoms with Crippen molar-refractivity contribution in [3.8, 4) is 5.75 Å². The molecule has 0 fully saturated rings. The molecule has 2 aromatic rings. The summed E-state index contributed by atoms with van der Waals surface area (Å²) in [5.74, 6) is -0.585. The summed E-state index contributed by atoms with van der Waals surface area (Å²) in [6.45, 7) is 2.11. The molecule has 0 radical (unpaired) electrons. The van der Waals surface area contributed by atoms with Gasteiger partial charge in [-0.1, -0.05) is 70.4 Å². The van der Waals surface area contributed by atoms with Gasteiger partial charge in [0, 0.05) is 10.9 Å². The van der Waals surface area contributed by atoms with Crippen LogP contribution >= 0.6 is 15.9 Å². The normalized spacial score (nSPS) is 10.8. The van der Waals surface area contributed by atoms with Crippen LogP contribution < -0.4 is 15.5 Å². The van der Waals surface area contributed by atoms with E-state index in [4.69, 9.17) is 4.74 Å². The van der Waals surface area contributed by atoms with Crippen LogP contribution in [-0.4, -0.2) is 30.5 Å². The van der Waals surface area contributed by atoms with E-state index in [9.17, 15) is 14.4 Å². The molecule has 0 saturated heterocycles. The minimum absolute atomic E-state index is 0.114. The summed E-state index contributed by atoms with van der Waals surface area (Å²) in [6.07, 6.45) is 12.7. The highest BCUT2D eigenvalue weighted by atomic mass is 79.9. The Balaban J connectivity index is 1.59. The Bertz CT molecular complexity index is 993. The zero-order valence-electron chi connectivity index (χ0n) is 20.9. The fourth-order valence-corrected chi connectivity index (χ4v) is 3.94. The van der Waals surface area contributed by atoms with Crippen molar-refractivity contribution in [1.82, 2.24) is 10.7 Å². The summed E-state index contributed by atoms with van der Waals surface area (Å²) in [6, 6.07) is 13.7. The molecule has 0 heterocycles. The van der Waals surface area contributed by atoms with E-state index in [1.807, 2.05) is 6.07 Å². The Morgan fingerprint density at radius 3 is 2.17 bits per heavy atom. The lowest BCUT2D eigenvalue weighted by atomic mass is 10.1. The van der Waals surface area contributed by atoms with Gasteiger partial charge in [-0.2, -0.15) is 5.10 Å². The van der Waals surface area contributed by atoms with Crippen LogP contribution in [0.4, 0.5) is 0 Å². The number of amides is 2. The predicted molar refractivity (Wildman–Crippen MR) is 146 cm³/mol. The Kier molecular flexibility index (Phi) is 14.2. The molecule has 2 amide bonds. The SMILES string of the molecule is CCCCCCCCCCCC(=O)NCC(=O)NN=Cc1ccc(OC(=O)c2ccccc2Br)cc1. The number of hydrazone groups is 1. The Morgan fingerprint density at radius 2 is 1.50 bits per heavy atom. The van der Waals surface area contributed by atoms with Crippen molar-refractivity contribution in [2.75, 3.05) is 6.54 Å². The average Bonchev–Trinajstić information content (AvgIpc) is 2.87. The number of carbonyl (C=O) groups excluding carboxylic acids is 3. The lowest BCUT2D eigenvalue weighted by Crippen LogP contribution is -2.34. The zero-order valence-corrected chi connectivity index (χ0v) is 22.5. The highest BCUT2D eigenvalue weighted by Crippen LogP contribution is 2.19. The number of nitrogens with zero attached hydrogens (tertiary/aromatic N) is 1. The van der Waals surface area contributed by atoms with Crippen molar-refractivity contribution < 1.29 is 19.1 Å². The molecule has 0 aliphatic heterocycles. The molecule has 0 saturated carbocycles. The lowest BCUT2D eigenvalue weighted by molar-refractivity contribution is -0.126. The minimum atomic E-state index is -0.462. The van der Waals surface area contributed by atoms with E-state index in [0.717, 1.165) is 19.3 Å². The molecule has 194 valence electrons. The second kappa shape index (κ2) is 17.4. The van der Waals surface area contributed by atoms with Crippen molar-refractivity contribution in [1.29, 1.82) is 0 Å². The van der Waals surface area contributed by atoms with E-state index in [2.05, 4.69) is 38.7 Å². The maximum Gasteiger partial charge on any atom is 0.344 e. The van der Waals surface area contributed by atoms with Gasteiger partial charge in [0.05, 0.1) is 18.3 Å². The number of esters is 1. The van der Waals surface area contributed by atoms with Gasteiger partial charge in [0.2, 0.25) is 5.91 Å². The van der Waals surface area contributed by atoms with Crippen molar-refractivity contribution in [2.45, 2.75) is 71.1 Å². The number of rotatable bonds is 16. The highest BCUT2D eigenvalue weighted by molar-refractivity contribution is 9.10. The third-order valence-corrected chi connectivity index (χ3v) is 6.23. The first-order valence-corrected chi connectivity index (χ1v) is 13.4. The van der Waals surface area contributed by atoms with Gasteiger partial charge in [0.1, 0.15) is 5.75 Å². The number of unbranched alkanes of at least 4 members (excludes halogenated alkanes) is 8. The number of ether oxygens (including phenoxy) is 1. The maximum absolute atomic E-state index is 12.3. The van der Waals surface area contributed by atoms with Crippen LogP contribution in [0.1, 0.15) is 87.1 Å². The molecule has 2 aromatic carbocycles. The summed E-state index contributed by atoms with van der Waals surface area (Å²) in [5.41, 5.74) is 3.54. The van der Waals surface area contributed by atoms with Crippen molar-refractivity contribution in [2.24, 2.45) is 5.10 Å². The molecule has 0 aliphatic carbocycles. The second-order valence-corrected chi connectivity index (χ2v) is 9.44. The lowest BCUT2D eigenvalue weighted by Gasteiger charge is -2.06. The summed E-state index contributed by atoms with van der Waals surface area (Å²) >= 11 is 3.33. The number of hydrogen-bond acceptors (Lipinski definition) is 5. The Labute approximate surface area is 222 Å². The second-order valence-electron chi connectivity index (χ2n) is 8.59. The fraction of sp³-hybridized carbons (Fsp3) is 0.429. The summed E-state index contributed by atoms with van der Waals surface area (Å²) < 4.78 is 6.04. The monoisotopic (exact) mass is 557 g/mol. The van der Waals surface area contributed by atoms with E-state index in [0.29, 0.717) is 27.8 Å². The molecule has 8 heteroatoms. The first-order valence-electron chi connectivity index (χ1n) is 12.6. The van der Waals surface area contributed by atoms with Crippen LogP contribution in [-0.2, 0) is 9.59 Å². The summed E-state index contributed by atoms with van der Waals surface area (Å²) in [7, 11) is 0. The topological polar surface area (TPSA) is 96.9 Å². The number of halogens is 1. The van der Waals surface area contributed by atoms with E-state index in [1.165, 1.54) is 44.7 Å². The largest absolute Gasteiger partial charge is 0.423 e. The Morgan fingerprint density at radius 1 is 0.861 bits per heavy atom. The molecule has 7 nitrogen and oxygen atoms in total. The molecule has 2 N–H and O–H groups in total. The third-order valence-electron chi connectivity index (χ3n) is 5.54. The molecule has 2 rings (SSSR count). The molecule has 0 unspecified atom stereocenters. The molecule has 0 aromatic heterocycles. The van der Waals surface area contributed by atoms with E-state index >= 15 is 0 Å². The summed E-state index contributed by atoms with van der Waals surface area (Å²) in [5, 5.41) is 6.52. The van der Waals surface area contributed by atoms with Crippen molar-refractivity contribution >= 4 is 39.9 Å². The maximum atomic E-state index is 12.3. The van der Waals surface area contributed by atoms with Crippen LogP contribution in [0, 0.1) is 0 Å². The van der Waals surface area contributed by atoms with E-state index in [1.54, 1.807) is 42.5 Å². The Hall–Kier alpha value is -3.00. The third kappa shape index (κ3) is 12.1. The fourth-order valence-electron chi connectivity index (χ4n) is 3.49. The standard InChI is InChI=1S/C28H36BrN3O4/c1-2-3-4-5-6-7-8-9-10-15-26(33)30-21-27(34)32-31-20-22-16-18-23(19-17-22)36-28(35)24-13-11-12-14-25(24)29/h11-14,16-20H,2-10,15,21H2,1H3,(H,30,33)(H,32,34). The van der Waals surface area contributed by atoms with Gasteiger partial charge in [-0.15, -0.1) is 0 Å². The van der Waals surface area contributed by atoms with Crippen LogP contribution in [0.3, 0.4) is 0 Å². The van der Waals surface area contributed by atoms with Crippen LogP contribution in [0.25, 0.3) is 0 Å². The number of carbonyl (C=O) groups is 3. The van der Waals surface area contributed by atoms with Gasteiger partial charge in [0.25, 0.3) is 5.91 Å². The van der Waals surface area contributed by atoms with Gasteiger partial charge in [-0.25, -0.2) is 10.2 Å². The molecule has 0 bridgehead atoms. The molecular formula is C28H36BrN3O4. The summed E-state index contributed by atoms with van der Waals surface area (Å²) in [4.78, 5) is 36.1. The number of benzene rings is 2. The van der Waals surface area contributed by atoms with Crippen LogP contribution in [0.2, 0.25) is 0 Å². The average molecular weight is 559 g/mol. The van der Waals surface area contributed by atoms with Gasteiger partial charge >= 0.3 is 5.97 Å². The van der Waals surface area contributed by atoms with Crippen molar-refractivity contribution in [3.05, 3.63) is 64.1 Å². The van der Waals surface area contributed by atoms with E-state index in [-0.39, 0.29) is 12.5 Å². The van der Waals surface area contributed by atoms with Crippen LogP contribution in [0.5, 0.6) is 5.75 Å². The molecule has 0 atom stereocenters. The molecule has 0 aliphatic rings. The van der Waals surface area contributed by atoms with Crippen LogP contribution in [0.15, 0.2) is 58.1 Å². The molecular weight excluding hydrogens is 522 g/mol. The predicted octanol–water partition coefficient (Wildman–Crippen LogP) is 6.16. The van der Waals surface area contributed by atoms with E-state index < -0.39 is 11.9 Å². The number of nitrogens with one attached hydrogen (secondary N) is 2. The first kappa shape index (κ1) is 29.2. The van der Waals surface area contributed by atoms with Gasteiger partial charge in [-0.3, -0.25) is 9.59 Å². The first-order chi connectivity index (χ1) is 17.5. The smallest absolute Gasteiger partial charge is 0.344 e. The quantitative estimate of drug-likeness (QED) is 0.0849. The van der Waals surface area contributed by atoms with Gasteiger partial charge in [-0.05, 0) is 64.3 Å². The molecule has 36 heavy (non-hydrogen) atoms. The highest BCUT2D eigenvalue weighted by Gasteiger charge is 2.11. The minimum Gasteiger partial charge on any atom is -0.423 e. The van der Waals surface area contributed by atoms with Crippen molar-refractivity contribution in [3.63, 3.8) is 0 Å².